The predicted molar refractivity (Wildman–Crippen MR) is 114 cm³/mol. The number of hydrogen-bond donors (Lipinski definition) is 1. The first-order chi connectivity index (χ1) is 13.3. The third-order valence-electron chi connectivity index (χ3n) is 4.40. The monoisotopic (exact) mass is 394 g/mol. The second-order valence-corrected chi connectivity index (χ2v) is 8.98. The minimum absolute atomic E-state index is 0.0763. The van der Waals surface area contributed by atoms with Gasteiger partial charge >= 0.3 is 0 Å². The summed E-state index contributed by atoms with van der Waals surface area (Å²) in [5.41, 5.74) is 1.81. The summed E-state index contributed by atoms with van der Waals surface area (Å²) in [7, 11) is 0. The average molecular weight is 395 g/mol. The molecular weight excluding hydrogens is 368 g/mol. The Morgan fingerprint density at radius 2 is 1.68 bits per heavy atom. The lowest BCUT2D eigenvalue weighted by Gasteiger charge is -2.37. The molecule has 0 saturated heterocycles. The first-order valence-electron chi connectivity index (χ1n) is 9.34. The second-order valence-electron chi connectivity index (χ2n) is 7.67. The van der Waals surface area contributed by atoms with Crippen LogP contribution in [0.2, 0.25) is 0 Å². The second kappa shape index (κ2) is 8.61. The summed E-state index contributed by atoms with van der Waals surface area (Å²) >= 11 is 1.38. The van der Waals surface area contributed by atoms with Gasteiger partial charge in [-0.3, -0.25) is 9.89 Å². The van der Waals surface area contributed by atoms with Crippen molar-refractivity contribution in [3.05, 3.63) is 66.2 Å². The van der Waals surface area contributed by atoms with Crippen LogP contribution in [0, 0.1) is 0 Å². The van der Waals surface area contributed by atoms with E-state index in [1.807, 2.05) is 72.5 Å². The highest BCUT2D eigenvalue weighted by molar-refractivity contribution is 8.00. The standard InChI is InChI=1S/C22H26N4OS/c1-16(28-21-23-19(24-25-21)18-13-9-6-10-14-18)20(27)26(22(2,3)4)15-17-11-7-5-8-12-17/h5-14,16H,15H2,1-4H3,(H,23,24,25)/t16-/m1/s1. The van der Waals surface area contributed by atoms with Crippen LogP contribution >= 0.6 is 11.8 Å². The lowest BCUT2D eigenvalue weighted by atomic mass is 10.0. The average Bonchev–Trinajstić information content (AvgIpc) is 3.14. The summed E-state index contributed by atoms with van der Waals surface area (Å²) in [5, 5.41) is 7.52. The molecule has 0 bridgehead atoms. The fourth-order valence-electron chi connectivity index (χ4n) is 2.86. The van der Waals surface area contributed by atoms with Crippen LogP contribution in [0.15, 0.2) is 65.8 Å². The molecule has 28 heavy (non-hydrogen) atoms. The molecule has 0 fully saturated rings. The van der Waals surface area contributed by atoms with Gasteiger partial charge in [-0.2, -0.15) is 0 Å². The van der Waals surface area contributed by atoms with Crippen LogP contribution in [0.1, 0.15) is 33.3 Å². The molecule has 0 unspecified atom stereocenters. The molecule has 0 radical (unpaired) electrons. The van der Waals surface area contributed by atoms with Crippen LogP contribution in [0.25, 0.3) is 11.4 Å². The Labute approximate surface area is 170 Å². The Bertz CT molecular complexity index is 903. The van der Waals surface area contributed by atoms with Crippen LogP contribution < -0.4 is 0 Å². The number of amides is 1. The van der Waals surface area contributed by atoms with Crippen molar-refractivity contribution < 1.29 is 4.79 Å². The molecule has 5 nitrogen and oxygen atoms in total. The number of hydrogen-bond acceptors (Lipinski definition) is 4. The van der Waals surface area contributed by atoms with Crippen molar-refractivity contribution in [1.82, 2.24) is 20.1 Å². The first kappa shape index (κ1) is 20.1. The molecule has 0 aliphatic rings. The Morgan fingerprint density at radius 1 is 1.07 bits per heavy atom. The smallest absolute Gasteiger partial charge is 0.236 e. The van der Waals surface area contributed by atoms with Gasteiger partial charge in [-0.1, -0.05) is 72.4 Å². The van der Waals surface area contributed by atoms with Crippen LogP contribution in [-0.4, -0.2) is 36.8 Å². The summed E-state index contributed by atoms with van der Waals surface area (Å²) in [6, 6.07) is 19.9. The molecule has 3 aromatic rings. The van der Waals surface area contributed by atoms with Crippen LogP contribution in [0.3, 0.4) is 0 Å². The predicted octanol–water partition coefficient (Wildman–Crippen LogP) is 4.78. The summed E-state index contributed by atoms with van der Waals surface area (Å²) in [6.45, 7) is 8.68. The number of nitrogens with one attached hydrogen (secondary N) is 1. The van der Waals surface area contributed by atoms with Gasteiger partial charge in [0.2, 0.25) is 11.1 Å². The molecule has 2 aromatic carbocycles. The van der Waals surface area contributed by atoms with E-state index >= 15 is 0 Å². The number of rotatable bonds is 6. The Kier molecular flexibility index (Phi) is 6.19. The number of thioether (sulfide) groups is 1. The maximum atomic E-state index is 13.2. The van der Waals surface area contributed by atoms with E-state index in [0.29, 0.717) is 17.5 Å². The maximum absolute atomic E-state index is 13.2. The lowest BCUT2D eigenvalue weighted by molar-refractivity contribution is -0.135. The molecule has 0 saturated carbocycles. The minimum Gasteiger partial charge on any atom is -0.333 e. The molecule has 1 atom stereocenters. The van der Waals surface area contributed by atoms with Crippen molar-refractivity contribution in [2.24, 2.45) is 0 Å². The third-order valence-corrected chi connectivity index (χ3v) is 5.35. The zero-order chi connectivity index (χ0) is 20.1. The van der Waals surface area contributed by atoms with Gasteiger partial charge < -0.3 is 4.90 Å². The summed E-state index contributed by atoms with van der Waals surface area (Å²) in [5.74, 6) is 0.784. The molecule has 1 N–H and O–H groups in total. The number of nitrogens with zero attached hydrogens (tertiary/aromatic N) is 3. The summed E-state index contributed by atoms with van der Waals surface area (Å²) < 4.78 is 0. The first-order valence-corrected chi connectivity index (χ1v) is 10.2. The van der Waals surface area contributed by atoms with E-state index in [-0.39, 0.29) is 16.7 Å². The third kappa shape index (κ3) is 5.01. The zero-order valence-electron chi connectivity index (χ0n) is 16.7. The molecule has 0 spiro atoms. The normalized spacial score (nSPS) is 12.6. The SMILES string of the molecule is C[C@@H](Sc1n[nH]c(-c2ccccc2)n1)C(=O)N(Cc1ccccc1)C(C)(C)C. The summed E-state index contributed by atoms with van der Waals surface area (Å²) in [6.07, 6.45) is 0. The lowest BCUT2D eigenvalue weighted by Crippen LogP contribution is -2.48. The van der Waals surface area contributed by atoms with Gasteiger partial charge in [0.15, 0.2) is 5.82 Å². The van der Waals surface area contributed by atoms with Gasteiger partial charge in [0, 0.05) is 17.6 Å². The molecule has 3 rings (SSSR count). The van der Waals surface area contributed by atoms with E-state index in [0.717, 1.165) is 11.1 Å². The van der Waals surface area contributed by atoms with E-state index in [2.05, 4.69) is 36.0 Å². The topological polar surface area (TPSA) is 61.9 Å². The number of carbonyl (C=O) groups is 1. The van der Waals surface area contributed by atoms with Crippen molar-refractivity contribution in [2.75, 3.05) is 0 Å². The highest BCUT2D eigenvalue weighted by Gasteiger charge is 2.31. The molecule has 6 heteroatoms. The number of carbonyl (C=O) groups excluding carboxylic acids is 1. The van der Waals surface area contributed by atoms with Crippen molar-refractivity contribution in [3.8, 4) is 11.4 Å². The van der Waals surface area contributed by atoms with E-state index in [9.17, 15) is 4.79 Å². The molecule has 1 amide bonds. The number of benzene rings is 2. The number of aromatic nitrogens is 3. The van der Waals surface area contributed by atoms with Gasteiger partial charge in [0.1, 0.15) is 0 Å². The van der Waals surface area contributed by atoms with Gasteiger partial charge in [-0.15, -0.1) is 5.10 Å². The fraction of sp³-hybridized carbons (Fsp3) is 0.318. The fourth-order valence-corrected chi connectivity index (χ4v) is 3.65. The molecule has 0 aliphatic carbocycles. The van der Waals surface area contributed by atoms with E-state index in [1.54, 1.807) is 0 Å². The van der Waals surface area contributed by atoms with E-state index in [4.69, 9.17) is 0 Å². The molecule has 1 heterocycles. The van der Waals surface area contributed by atoms with Crippen LogP contribution in [0.5, 0.6) is 0 Å². The molecule has 1 aromatic heterocycles. The largest absolute Gasteiger partial charge is 0.333 e. The highest BCUT2D eigenvalue weighted by atomic mass is 32.2. The van der Waals surface area contributed by atoms with Gasteiger partial charge in [-0.25, -0.2) is 4.98 Å². The Balaban J connectivity index is 1.72. The Morgan fingerprint density at radius 3 is 2.29 bits per heavy atom. The minimum atomic E-state index is -0.289. The number of H-pyrrole nitrogens is 1. The van der Waals surface area contributed by atoms with Crippen molar-refractivity contribution in [1.29, 1.82) is 0 Å². The highest BCUT2D eigenvalue weighted by Crippen LogP contribution is 2.27. The quantitative estimate of drug-likeness (QED) is 0.611. The van der Waals surface area contributed by atoms with Crippen molar-refractivity contribution in [2.45, 2.75) is 50.2 Å². The summed E-state index contributed by atoms with van der Waals surface area (Å²) in [4.78, 5) is 19.7. The maximum Gasteiger partial charge on any atom is 0.236 e. The van der Waals surface area contributed by atoms with Gasteiger partial charge in [0.25, 0.3) is 0 Å². The van der Waals surface area contributed by atoms with Crippen LogP contribution in [0.4, 0.5) is 0 Å². The van der Waals surface area contributed by atoms with Crippen molar-refractivity contribution in [3.63, 3.8) is 0 Å². The van der Waals surface area contributed by atoms with Crippen LogP contribution in [-0.2, 0) is 11.3 Å². The molecular formula is C22H26N4OS. The van der Waals surface area contributed by atoms with Gasteiger partial charge in [0.05, 0.1) is 5.25 Å². The molecule has 146 valence electrons. The molecule has 0 aliphatic heterocycles. The van der Waals surface area contributed by atoms with Gasteiger partial charge in [-0.05, 0) is 33.3 Å². The van der Waals surface area contributed by atoms with E-state index < -0.39 is 0 Å². The van der Waals surface area contributed by atoms with E-state index in [1.165, 1.54) is 11.8 Å². The number of aromatic amines is 1. The Hall–Kier alpha value is -2.60. The zero-order valence-corrected chi connectivity index (χ0v) is 17.5. The van der Waals surface area contributed by atoms with Crippen molar-refractivity contribution >= 4 is 17.7 Å².